The van der Waals surface area contributed by atoms with Crippen molar-refractivity contribution in [3.8, 4) is 11.5 Å². The smallest absolute Gasteiger partial charge is 0.271 e. The van der Waals surface area contributed by atoms with Gasteiger partial charge in [0.1, 0.15) is 0 Å². The number of benzene rings is 1. The standard InChI is InChI=1S/C13H11N3O3.CH4O/c17-11-3-1-2-10(12(11)18)8-15-16-13(19)9-4-6-14-7-5-9;1-2/h1-8,17-18H,(H,16,19);2H,1H3/b15-8+;. The van der Waals surface area contributed by atoms with Gasteiger partial charge in [0, 0.05) is 30.6 Å². The van der Waals surface area contributed by atoms with E-state index in [0.29, 0.717) is 11.1 Å². The predicted octanol–water partition coefficient (Wildman–Crippen LogP) is 0.865. The zero-order valence-electron chi connectivity index (χ0n) is 11.3. The third kappa shape index (κ3) is 4.59. The van der Waals surface area contributed by atoms with Gasteiger partial charge in [-0.05, 0) is 24.3 Å². The highest BCUT2D eigenvalue weighted by Crippen LogP contribution is 2.26. The molecule has 7 nitrogen and oxygen atoms in total. The fourth-order valence-corrected chi connectivity index (χ4v) is 1.38. The summed E-state index contributed by atoms with van der Waals surface area (Å²) in [7, 11) is 1.00. The molecule has 2 rings (SSSR count). The van der Waals surface area contributed by atoms with Crippen molar-refractivity contribution in [3.05, 3.63) is 53.9 Å². The molecule has 0 atom stereocenters. The minimum Gasteiger partial charge on any atom is -0.504 e. The van der Waals surface area contributed by atoms with Crippen LogP contribution in [0.3, 0.4) is 0 Å². The van der Waals surface area contributed by atoms with Crippen LogP contribution in [-0.4, -0.2) is 39.5 Å². The molecular weight excluding hydrogens is 274 g/mol. The number of amides is 1. The van der Waals surface area contributed by atoms with Gasteiger partial charge in [0.2, 0.25) is 0 Å². The van der Waals surface area contributed by atoms with Crippen LogP contribution < -0.4 is 5.43 Å². The van der Waals surface area contributed by atoms with Crippen molar-refractivity contribution in [1.82, 2.24) is 10.4 Å². The molecule has 0 unspecified atom stereocenters. The molecular formula is C14H15N3O4. The van der Waals surface area contributed by atoms with E-state index in [4.69, 9.17) is 5.11 Å². The van der Waals surface area contributed by atoms with E-state index in [2.05, 4.69) is 15.5 Å². The number of phenolic OH excluding ortho intramolecular Hbond substituents is 2. The molecule has 4 N–H and O–H groups in total. The summed E-state index contributed by atoms with van der Waals surface area (Å²) in [5, 5.41) is 29.5. The quantitative estimate of drug-likeness (QED) is 0.380. The number of aromatic nitrogens is 1. The maximum absolute atomic E-state index is 11.6. The maximum Gasteiger partial charge on any atom is 0.271 e. The number of rotatable bonds is 3. The summed E-state index contributed by atoms with van der Waals surface area (Å²) in [4.78, 5) is 15.4. The van der Waals surface area contributed by atoms with Crippen molar-refractivity contribution in [2.75, 3.05) is 7.11 Å². The van der Waals surface area contributed by atoms with E-state index in [-0.39, 0.29) is 11.5 Å². The van der Waals surface area contributed by atoms with E-state index >= 15 is 0 Å². The molecule has 0 spiro atoms. The molecule has 0 radical (unpaired) electrons. The number of nitrogens with one attached hydrogen (secondary N) is 1. The highest BCUT2D eigenvalue weighted by Gasteiger charge is 2.04. The van der Waals surface area contributed by atoms with Gasteiger partial charge < -0.3 is 15.3 Å². The minimum atomic E-state index is -0.390. The lowest BCUT2D eigenvalue weighted by Gasteiger charge is -2.01. The summed E-state index contributed by atoms with van der Waals surface area (Å²) in [6.07, 6.45) is 4.24. The number of pyridine rings is 1. The van der Waals surface area contributed by atoms with Crippen molar-refractivity contribution in [2.45, 2.75) is 0 Å². The van der Waals surface area contributed by atoms with E-state index < -0.39 is 5.91 Å². The summed E-state index contributed by atoms with van der Waals surface area (Å²) in [6.45, 7) is 0. The van der Waals surface area contributed by atoms with Gasteiger partial charge >= 0.3 is 0 Å². The molecule has 0 fully saturated rings. The third-order valence-electron chi connectivity index (χ3n) is 2.36. The zero-order valence-corrected chi connectivity index (χ0v) is 11.3. The number of aliphatic hydroxyl groups is 1. The number of aromatic hydroxyl groups is 2. The largest absolute Gasteiger partial charge is 0.504 e. The first-order chi connectivity index (χ1) is 10.2. The molecule has 0 saturated heterocycles. The predicted molar refractivity (Wildman–Crippen MR) is 77.2 cm³/mol. The van der Waals surface area contributed by atoms with Crippen LogP contribution in [0.4, 0.5) is 0 Å². The fraction of sp³-hybridized carbons (Fsp3) is 0.0714. The Morgan fingerprint density at radius 3 is 2.52 bits per heavy atom. The van der Waals surface area contributed by atoms with Gasteiger partial charge in [0.15, 0.2) is 11.5 Å². The van der Waals surface area contributed by atoms with Gasteiger partial charge in [0.05, 0.1) is 6.21 Å². The number of nitrogens with zero attached hydrogens (tertiary/aromatic N) is 2. The first kappa shape index (κ1) is 16.1. The number of aliphatic hydroxyl groups excluding tert-OH is 1. The van der Waals surface area contributed by atoms with Crippen LogP contribution >= 0.6 is 0 Å². The number of para-hydroxylation sites is 1. The normalized spacial score (nSPS) is 9.81. The second-order valence-electron chi connectivity index (χ2n) is 3.65. The summed E-state index contributed by atoms with van der Waals surface area (Å²) < 4.78 is 0. The highest BCUT2D eigenvalue weighted by atomic mass is 16.3. The molecule has 7 heteroatoms. The number of hydrogen-bond acceptors (Lipinski definition) is 6. The molecule has 0 aliphatic rings. The maximum atomic E-state index is 11.6. The van der Waals surface area contributed by atoms with Crippen LogP contribution in [0.2, 0.25) is 0 Å². The molecule has 0 aliphatic heterocycles. The minimum absolute atomic E-state index is 0.246. The van der Waals surface area contributed by atoms with Crippen molar-refractivity contribution < 1.29 is 20.1 Å². The molecule has 21 heavy (non-hydrogen) atoms. The van der Waals surface area contributed by atoms with E-state index in [1.165, 1.54) is 24.7 Å². The first-order valence-electron chi connectivity index (χ1n) is 5.87. The zero-order chi connectivity index (χ0) is 15.7. The van der Waals surface area contributed by atoms with Crippen molar-refractivity contribution in [1.29, 1.82) is 0 Å². The van der Waals surface area contributed by atoms with E-state index in [0.717, 1.165) is 7.11 Å². The highest BCUT2D eigenvalue weighted by molar-refractivity contribution is 5.95. The summed E-state index contributed by atoms with van der Waals surface area (Å²) in [5.41, 5.74) is 3.03. The molecule has 0 saturated carbocycles. The van der Waals surface area contributed by atoms with E-state index in [1.807, 2.05) is 0 Å². The lowest BCUT2D eigenvalue weighted by atomic mass is 10.2. The molecule has 1 aromatic heterocycles. The second kappa shape index (κ2) is 8.28. The Bertz CT molecular complexity index is 615. The SMILES string of the molecule is CO.O=C(N/N=C/c1cccc(O)c1O)c1ccncc1. The third-order valence-corrected chi connectivity index (χ3v) is 2.36. The Morgan fingerprint density at radius 1 is 1.19 bits per heavy atom. The lowest BCUT2D eigenvalue weighted by molar-refractivity contribution is 0.0955. The van der Waals surface area contributed by atoms with Gasteiger partial charge in [-0.1, -0.05) is 6.07 Å². The van der Waals surface area contributed by atoms with Gasteiger partial charge in [-0.3, -0.25) is 9.78 Å². The number of hydrazone groups is 1. The van der Waals surface area contributed by atoms with Crippen molar-refractivity contribution >= 4 is 12.1 Å². The molecule has 0 bridgehead atoms. The number of carbonyl (C=O) groups is 1. The summed E-state index contributed by atoms with van der Waals surface area (Å²) in [5.74, 6) is -0.924. The van der Waals surface area contributed by atoms with Gasteiger partial charge in [0.25, 0.3) is 5.91 Å². The van der Waals surface area contributed by atoms with Gasteiger partial charge in [-0.15, -0.1) is 0 Å². The molecule has 1 aromatic carbocycles. The van der Waals surface area contributed by atoms with Crippen LogP contribution in [0.25, 0.3) is 0 Å². The monoisotopic (exact) mass is 289 g/mol. The van der Waals surface area contributed by atoms with Crippen LogP contribution in [0, 0.1) is 0 Å². The Labute approximate surface area is 121 Å². The second-order valence-corrected chi connectivity index (χ2v) is 3.65. The first-order valence-corrected chi connectivity index (χ1v) is 5.87. The average Bonchev–Trinajstić information content (AvgIpc) is 2.54. The van der Waals surface area contributed by atoms with Crippen LogP contribution in [0.5, 0.6) is 11.5 Å². The molecule has 0 aliphatic carbocycles. The van der Waals surface area contributed by atoms with Gasteiger partial charge in [-0.2, -0.15) is 5.10 Å². The van der Waals surface area contributed by atoms with Gasteiger partial charge in [-0.25, -0.2) is 5.43 Å². The van der Waals surface area contributed by atoms with Crippen LogP contribution in [0.15, 0.2) is 47.8 Å². The van der Waals surface area contributed by atoms with Crippen LogP contribution in [0.1, 0.15) is 15.9 Å². The van der Waals surface area contributed by atoms with E-state index in [9.17, 15) is 15.0 Å². The van der Waals surface area contributed by atoms with Crippen molar-refractivity contribution in [3.63, 3.8) is 0 Å². The Morgan fingerprint density at radius 2 is 1.86 bits per heavy atom. The Hall–Kier alpha value is -2.93. The number of phenols is 2. The lowest BCUT2D eigenvalue weighted by Crippen LogP contribution is -2.17. The van der Waals surface area contributed by atoms with Crippen molar-refractivity contribution in [2.24, 2.45) is 5.10 Å². The number of hydrogen-bond donors (Lipinski definition) is 4. The Balaban J connectivity index is 0.00000106. The summed E-state index contributed by atoms with van der Waals surface area (Å²) in [6, 6.07) is 7.56. The molecule has 110 valence electrons. The van der Waals surface area contributed by atoms with E-state index in [1.54, 1.807) is 24.3 Å². The molecule has 1 amide bonds. The van der Waals surface area contributed by atoms with Crippen LogP contribution in [-0.2, 0) is 0 Å². The average molecular weight is 289 g/mol. The fourth-order valence-electron chi connectivity index (χ4n) is 1.38. The summed E-state index contributed by atoms with van der Waals surface area (Å²) >= 11 is 0. The molecule has 2 aromatic rings. The number of carbonyl (C=O) groups excluding carboxylic acids is 1. The molecule has 1 heterocycles. The topological polar surface area (TPSA) is 115 Å². The Kier molecular flexibility index (Phi) is 6.36.